The summed E-state index contributed by atoms with van der Waals surface area (Å²) in [5, 5.41) is 0. The molecule has 0 saturated carbocycles. The molecule has 3 rings (SSSR count). The highest BCUT2D eigenvalue weighted by atomic mass is 19.2. The zero-order valence-electron chi connectivity index (χ0n) is 16.7. The van der Waals surface area contributed by atoms with Gasteiger partial charge in [0.15, 0.2) is 23.5 Å². The van der Waals surface area contributed by atoms with Gasteiger partial charge in [-0.05, 0) is 44.2 Å². The fraction of sp³-hybridized carbons (Fsp3) is 0.318. The molecule has 1 fully saturated rings. The summed E-state index contributed by atoms with van der Waals surface area (Å²) < 4.78 is 32.1. The second kappa shape index (κ2) is 9.02. The van der Waals surface area contributed by atoms with Crippen molar-refractivity contribution >= 4 is 17.6 Å². The SMILES string of the molecule is CC(=O)c1cccc(OC(C)C(=O)N2CCN(C(=O)c3ccc(F)c(F)c3)CC2)c1. The molecule has 2 aromatic rings. The van der Waals surface area contributed by atoms with E-state index < -0.39 is 23.6 Å². The van der Waals surface area contributed by atoms with Crippen LogP contribution >= 0.6 is 0 Å². The lowest BCUT2D eigenvalue weighted by Crippen LogP contribution is -2.53. The van der Waals surface area contributed by atoms with Crippen molar-refractivity contribution in [2.45, 2.75) is 20.0 Å². The Morgan fingerprint density at radius 1 is 0.900 bits per heavy atom. The molecular formula is C22H22F2N2O4. The lowest BCUT2D eigenvalue weighted by atomic mass is 10.1. The summed E-state index contributed by atoms with van der Waals surface area (Å²) in [7, 11) is 0. The van der Waals surface area contributed by atoms with E-state index in [-0.39, 0.29) is 30.3 Å². The number of ketones is 1. The van der Waals surface area contributed by atoms with Crippen LogP contribution in [0, 0.1) is 11.6 Å². The van der Waals surface area contributed by atoms with Gasteiger partial charge in [-0.2, -0.15) is 0 Å². The van der Waals surface area contributed by atoms with Gasteiger partial charge in [-0.1, -0.05) is 12.1 Å². The summed E-state index contributed by atoms with van der Waals surface area (Å²) in [6, 6.07) is 9.65. The summed E-state index contributed by atoms with van der Waals surface area (Å²) in [4.78, 5) is 39.7. The topological polar surface area (TPSA) is 66.9 Å². The maximum atomic E-state index is 13.4. The average Bonchev–Trinajstić information content (AvgIpc) is 2.75. The smallest absolute Gasteiger partial charge is 0.263 e. The number of hydrogen-bond acceptors (Lipinski definition) is 4. The van der Waals surface area contributed by atoms with Crippen LogP contribution in [-0.2, 0) is 4.79 Å². The largest absolute Gasteiger partial charge is 0.481 e. The molecule has 8 heteroatoms. The van der Waals surface area contributed by atoms with E-state index in [4.69, 9.17) is 4.74 Å². The molecule has 0 aliphatic carbocycles. The minimum Gasteiger partial charge on any atom is -0.481 e. The Bertz CT molecular complexity index is 971. The third-order valence-corrected chi connectivity index (χ3v) is 4.95. The Balaban J connectivity index is 1.56. The van der Waals surface area contributed by atoms with Crippen molar-refractivity contribution in [2.75, 3.05) is 26.2 Å². The Hall–Kier alpha value is -3.29. The standard InChI is InChI=1S/C22H22F2N2O4/c1-14(27)16-4-3-5-18(12-16)30-15(2)21(28)25-8-10-26(11-9-25)22(29)17-6-7-19(23)20(24)13-17/h3-7,12-13,15H,8-11H2,1-2H3. The van der Waals surface area contributed by atoms with Crippen LogP contribution in [0.3, 0.4) is 0 Å². The Kier molecular flexibility index (Phi) is 6.44. The second-order valence-corrected chi connectivity index (χ2v) is 7.09. The monoisotopic (exact) mass is 416 g/mol. The van der Waals surface area contributed by atoms with Crippen molar-refractivity contribution in [1.29, 1.82) is 0 Å². The first-order valence-corrected chi connectivity index (χ1v) is 9.57. The van der Waals surface area contributed by atoms with Gasteiger partial charge in [0.05, 0.1) is 0 Å². The summed E-state index contributed by atoms with van der Waals surface area (Å²) in [5.41, 5.74) is 0.562. The number of rotatable bonds is 5. The molecule has 1 aliphatic heterocycles. The van der Waals surface area contributed by atoms with Crippen molar-refractivity contribution in [3.63, 3.8) is 0 Å². The number of halogens is 2. The summed E-state index contributed by atoms with van der Waals surface area (Å²) >= 11 is 0. The number of carbonyl (C=O) groups excluding carboxylic acids is 3. The lowest BCUT2D eigenvalue weighted by molar-refractivity contribution is -0.139. The first-order valence-electron chi connectivity index (χ1n) is 9.57. The third kappa shape index (κ3) is 4.82. The maximum Gasteiger partial charge on any atom is 0.263 e. The molecule has 0 aromatic heterocycles. The minimum atomic E-state index is -1.07. The van der Waals surface area contributed by atoms with Gasteiger partial charge in [0.2, 0.25) is 0 Å². The Morgan fingerprint density at radius 2 is 1.57 bits per heavy atom. The summed E-state index contributed by atoms with van der Waals surface area (Å²) in [6.07, 6.45) is -0.763. The zero-order valence-corrected chi connectivity index (χ0v) is 16.7. The van der Waals surface area contributed by atoms with Gasteiger partial charge in [-0.15, -0.1) is 0 Å². The molecule has 1 atom stereocenters. The van der Waals surface area contributed by atoms with Crippen molar-refractivity contribution in [1.82, 2.24) is 9.80 Å². The molecule has 0 spiro atoms. The second-order valence-electron chi connectivity index (χ2n) is 7.09. The molecule has 6 nitrogen and oxygen atoms in total. The molecule has 2 amide bonds. The maximum absolute atomic E-state index is 13.4. The van der Waals surface area contributed by atoms with Crippen LogP contribution in [0.25, 0.3) is 0 Å². The van der Waals surface area contributed by atoms with Crippen molar-refractivity contribution in [3.8, 4) is 5.75 Å². The number of Topliss-reactive ketones (excluding diaryl/α,β-unsaturated/α-hetero) is 1. The van der Waals surface area contributed by atoms with Crippen molar-refractivity contribution < 1.29 is 27.9 Å². The first kappa shape index (κ1) is 21.4. The molecular weight excluding hydrogens is 394 g/mol. The lowest BCUT2D eigenvalue weighted by Gasteiger charge is -2.36. The van der Waals surface area contributed by atoms with Crippen LogP contribution in [0.15, 0.2) is 42.5 Å². The van der Waals surface area contributed by atoms with Gasteiger partial charge < -0.3 is 14.5 Å². The minimum absolute atomic E-state index is 0.0655. The molecule has 30 heavy (non-hydrogen) atoms. The number of hydrogen-bond donors (Lipinski definition) is 0. The van der Waals surface area contributed by atoms with Crippen LogP contribution in [0.5, 0.6) is 5.75 Å². The molecule has 1 unspecified atom stereocenters. The van der Waals surface area contributed by atoms with Crippen LogP contribution in [0.1, 0.15) is 34.6 Å². The van der Waals surface area contributed by atoms with Gasteiger partial charge in [0, 0.05) is 37.3 Å². The van der Waals surface area contributed by atoms with Gasteiger partial charge >= 0.3 is 0 Å². The zero-order chi connectivity index (χ0) is 21.8. The van der Waals surface area contributed by atoms with Gasteiger partial charge in [-0.3, -0.25) is 14.4 Å². The van der Waals surface area contributed by atoms with Gasteiger partial charge in [-0.25, -0.2) is 8.78 Å². The fourth-order valence-corrected chi connectivity index (χ4v) is 3.24. The van der Waals surface area contributed by atoms with E-state index in [1.165, 1.54) is 17.9 Å². The average molecular weight is 416 g/mol. The van der Waals surface area contributed by atoms with Gasteiger partial charge in [0.25, 0.3) is 11.8 Å². The number of benzene rings is 2. The van der Waals surface area contributed by atoms with E-state index in [1.807, 2.05) is 0 Å². The van der Waals surface area contributed by atoms with Crippen LogP contribution in [0.2, 0.25) is 0 Å². The highest BCUT2D eigenvalue weighted by Crippen LogP contribution is 2.17. The van der Waals surface area contributed by atoms with Gasteiger partial charge in [0.1, 0.15) is 5.75 Å². The van der Waals surface area contributed by atoms with E-state index >= 15 is 0 Å². The molecule has 0 radical (unpaired) electrons. The van der Waals surface area contributed by atoms with Crippen molar-refractivity contribution in [3.05, 3.63) is 65.2 Å². The molecule has 158 valence electrons. The molecule has 1 aliphatic rings. The predicted octanol–water partition coefficient (Wildman–Crippen LogP) is 2.92. The summed E-state index contributed by atoms with van der Waals surface area (Å²) in [5.74, 6) is -2.40. The molecule has 1 saturated heterocycles. The molecule has 0 bridgehead atoms. The van der Waals surface area contributed by atoms with E-state index in [0.29, 0.717) is 24.4 Å². The van der Waals surface area contributed by atoms with E-state index in [1.54, 1.807) is 36.1 Å². The summed E-state index contributed by atoms with van der Waals surface area (Å²) in [6.45, 7) is 4.23. The quantitative estimate of drug-likeness (QED) is 0.703. The molecule has 0 N–H and O–H groups in total. The van der Waals surface area contributed by atoms with Crippen LogP contribution < -0.4 is 4.74 Å². The Morgan fingerprint density at radius 3 is 2.20 bits per heavy atom. The highest BCUT2D eigenvalue weighted by molar-refractivity contribution is 5.95. The molecule has 1 heterocycles. The highest BCUT2D eigenvalue weighted by Gasteiger charge is 2.28. The van der Waals surface area contributed by atoms with E-state index in [9.17, 15) is 23.2 Å². The number of carbonyl (C=O) groups is 3. The number of ether oxygens (including phenoxy) is 1. The van der Waals surface area contributed by atoms with E-state index in [0.717, 1.165) is 12.1 Å². The van der Waals surface area contributed by atoms with E-state index in [2.05, 4.69) is 0 Å². The number of nitrogens with zero attached hydrogens (tertiary/aromatic N) is 2. The third-order valence-electron chi connectivity index (χ3n) is 4.95. The predicted molar refractivity (Wildman–Crippen MR) is 105 cm³/mol. The van der Waals surface area contributed by atoms with Crippen LogP contribution in [0.4, 0.5) is 8.78 Å². The van der Waals surface area contributed by atoms with Crippen LogP contribution in [-0.4, -0.2) is 59.7 Å². The van der Waals surface area contributed by atoms with Crippen molar-refractivity contribution in [2.24, 2.45) is 0 Å². The normalized spacial score (nSPS) is 14.9. The number of piperazine rings is 1. The molecule has 2 aromatic carbocycles. The fourth-order valence-electron chi connectivity index (χ4n) is 3.24. The first-order chi connectivity index (χ1) is 14.3. The number of amides is 2. The Labute approximate surface area is 173 Å².